The van der Waals surface area contributed by atoms with Crippen LogP contribution in [0.5, 0.6) is 0 Å². The Morgan fingerprint density at radius 2 is 1.92 bits per heavy atom. The molecule has 39 heavy (non-hydrogen) atoms. The quantitative estimate of drug-likeness (QED) is 0.527. The molecule has 2 amide bonds. The highest BCUT2D eigenvalue weighted by Gasteiger charge is 2.53. The molecule has 3 fully saturated rings. The van der Waals surface area contributed by atoms with E-state index in [-0.39, 0.29) is 42.8 Å². The fourth-order valence-corrected chi connectivity index (χ4v) is 6.35. The summed E-state index contributed by atoms with van der Waals surface area (Å²) in [5.74, 6) is -0.858. The summed E-state index contributed by atoms with van der Waals surface area (Å²) in [6.45, 7) is 8.11. The van der Waals surface area contributed by atoms with Gasteiger partial charge in [-0.15, -0.1) is 11.3 Å². The van der Waals surface area contributed by atoms with Crippen molar-refractivity contribution >= 4 is 34.1 Å². The minimum atomic E-state index is -0.767. The SMILES string of the molecule is CC[C@H](C)[C@H](NC(=O)c1ccc(-c2csc(N3CCN(C)CC3)n2)cc1)C(=O)N1C[C@H](OC)[C@@H]2OCC(=O)[C@H]21. The number of aromatic nitrogens is 1. The van der Waals surface area contributed by atoms with Gasteiger partial charge in [-0.1, -0.05) is 32.4 Å². The van der Waals surface area contributed by atoms with Crippen molar-refractivity contribution in [2.75, 3.05) is 58.4 Å². The number of carbonyl (C=O) groups excluding carboxylic acids is 3. The molecule has 5 atom stereocenters. The molecule has 4 heterocycles. The molecule has 3 aliphatic heterocycles. The summed E-state index contributed by atoms with van der Waals surface area (Å²) in [7, 11) is 3.69. The Labute approximate surface area is 233 Å². The van der Waals surface area contributed by atoms with Gasteiger partial charge in [0, 0.05) is 49.8 Å². The number of ether oxygens (including phenoxy) is 2. The molecule has 1 aromatic carbocycles. The molecular formula is C28H37N5O5S. The summed E-state index contributed by atoms with van der Waals surface area (Å²) in [4.78, 5) is 50.5. The van der Waals surface area contributed by atoms with Crippen LogP contribution < -0.4 is 10.2 Å². The number of methoxy groups -OCH3 is 1. The monoisotopic (exact) mass is 555 g/mol. The number of piperazine rings is 1. The molecule has 5 rings (SSSR count). The number of likely N-dealkylation sites (N-methyl/N-ethyl adjacent to an activating group) is 1. The minimum absolute atomic E-state index is 0.0263. The van der Waals surface area contributed by atoms with Crippen molar-refractivity contribution in [3.8, 4) is 11.3 Å². The number of nitrogens with one attached hydrogen (secondary N) is 1. The number of rotatable bonds is 8. The number of benzene rings is 1. The van der Waals surface area contributed by atoms with Gasteiger partial charge in [0.25, 0.3) is 5.91 Å². The Morgan fingerprint density at radius 1 is 1.21 bits per heavy atom. The maximum Gasteiger partial charge on any atom is 0.251 e. The molecule has 0 unspecified atom stereocenters. The van der Waals surface area contributed by atoms with E-state index >= 15 is 0 Å². The van der Waals surface area contributed by atoms with Crippen LogP contribution in [-0.4, -0.2) is 110 Å². The topological polar surface area (TPSA) is 104 Å². The van der Waals surface area contributed by atoms with E-state index in [1.165, 1.54) is 4.90 Å². The lowest BCUT2D eigenvalue weighted by Gasteiger charge is -2.32. The molecule has 0 spiro atoms. The maximum atomic E-state index is 13.7. The predicted octanol–water partition coefficient (Wildman–Crippen LogP) is 1.90. The Kier molecular flexibility index (Phi) is 8.32. The second kappa shape index (κ2) is 11.7. The summed E-state index contributed by atoms with van der Waals surface area (Å²) < 4.78 is 11.1. The predicted molar refractivity (Wildman–Crippen MR) is 149 cm³/mol. The van der Waals surface area contributed by atoms with Crippen LogP contribution in [0.1, 0.15) is 30.6 Å². The Morgan fingerprint density at radius 3 is 2.59 bits per heavy atom. The second-order valence-electron chi connectivity index (χ2n) is 10.7. The molecule has 0 saturated carbocycles. The molecule has 0 bridgehead atoms. The van der Waals surface area contributed by atoms with Crippen molar-refractivity contribution in [2.45, 2.75) is 44.6 Å². The minimum Gasteiger partial charge on any atom is -0.377 e. The van der Waals surface area contributed by atoms with Gasteiger partial charge in [-0.05, 0) is 25.1 Å². The van der Waals surface area contributed by atoms with E-state index in [1.807, 2.05) is 31.4 Å². The average Bonchev–Trinajstić information content (AvgIpc) is 3.68. The zero-order chi connectivity index (χ0) is 27.7. The van der Waals surface area contributed by atoms with E-state index < -0.39 is 18.2 Å². The number of anilines is 1. The number of amides is 2. The van der Waals surface area contributed by atoms with Crippen molar-refractivity contribution in [3.05, 3.63) is 35.2 Å². The lowest BCUT2D eigenvalue weighted by molar-refractivity contribution is -0.139. The van der Waals surface area contributed by atoms with E-state index in [1.54, 1.807) is 30.6 Å². The number of likely N-dealkylation sites (tertiary alicyclic amines) is 1. The largest absolute Gasteiger partial charge is 0.377 e. The smallest absolute Gasteiger partial charge is 0.251 e. The first-order valence-corrected chi connectivity index (χ1v) is 14.5. The summed E-state index contributed by atoms with van der Waals surface area (Å²) >= 11 is 1.63. The normalized spacial score (nSPS) is 25.0. The molecule has 10 nitrogen and oxygen atoms in total. The van der Waals surface area contributed by atoms with Crippen molar-refractivity contribution in [3.63, 3.8) is 0 Å². The lowest BCUT2D eigenvalue weighted by Crippen LogP contribution is -2.54. The first-order chi connectivity index (χ1) is 18.8. The van der Waals surface area contributed by atoms with Crippen LogP contribution in [-0.2, 0) is 19.1 Å². The first kappa shape index (κ1) is 27.7. The van der Waals surface area contributed by atoms with E-state index in [4.69, 9.17) is 14.5 Å². The molecule has 1 N–H and O–H groups in total. The molecular weight excluding hydrogens is 518 g/mol. The highest BCUT2D eigenvalue weighted by atomic mass is 32.1. The van der Waals surface area contributed by atoms with Gasteiger partial charge < -0.3 is 29.5 Å². The van der Waals surface area contributed by atoms with Gasteiger partial charge in [0.2, 0.25) is 5.91 Å². The summed E-state index contributed by atoms with van der Waals surface area (Å²) in [5.41, 5.74) is 2.28. The fraction of sp³-hybridized carbons (Fsp3) is 0.571. The fourth-order valence-electron chi connectivity index (χ4n) is 5.47. The van der Waals surface area contributed by atoms with Crippen LogP contribution >= 0.6 is 11.3 Å². The number of thiazole rings is 1. The third-order valence-corrected chi connectivity index (χ3v) is 9.10. The molecule has 0 radical (unpaired) electrons. The highest BCUT2D eigenvalue weighted by molar-refractivity contribution is 7.14. The maximum absolute atomic E-state index is 13.7. The molecule has 11 heteroatoms. The van der Waals surface area contributed by atoms with Gasteiger partial charge in [0.1, 0.15) is 30.9 Å². The first-order valence-electron chi connectivity index (χ1n) is 13.6. The molecule has 210 valence electrons. The summed E-state index contributed by atoms with van der Waals surface area (Å²) in [6, 6.07) is 5.87. The summed E-state index contributed by atoms with van der Waals surface area (Å²) in [6.07, 6.45) is -0.140. The van der Waals surface area contributed by atoms with Crippen molar-refractivity contribution in [1.29, 1.82) is 0 Å². The zero-order valence-electron chi connectivity index (χ0n) is 23.0. The molecule has 1 aromatic heterocycles. The van der Waals surface area contributed by atoms with Crippen molar-refractivity contribution in [2.24, 2.45) is 5.92 Å². The third kappa shape index (κ3) is 5.58. The van der Waals surface area contributed by atoms with Crippen LogP contribution in [0.15, 0.2) is 29.6 Å². The lowest BCUT2D eigenvalue weighted by atomic mass is 9.96. The molecule has 0 aliphatic carbocycles. The van der Waals surface area contributed by atoms with E-state index in [2.05, 4.69) is 22.2 Å². The number of hydrogen-bond donors (Lipinski definition) is 1. The van der Waals surface area contributed by atoms with Crippen LogP contribution in [0.2, 0.25) is 0 Å². The van der Waals surface area contributed by atoms with Gasteiger partial charge in [-0.3, -0.25) is 14.4 Å². The molecule has 3 saturated heterocycles. The van der Waals surface area contributed by atoms with Gasteiger partial charge >= 0.3 is 0 Å². The zero-order valence-corrected chi connectivity index (χ0v) is 23.8. The van der Waals surface area contributed by atoms with Gasteiger partial charge in [0.15, 0.2) is 10.9 Å². The highest BCUT2D eigenvalue weighted by Crippen LogP contribution is 2.31. The Balaban J connectivity index is 1.27. The number of hydrogen-bond acceptors (Lipinski definition) is 9. The van der Waals surface area contributed by atoms with Crippen molar-refractivity contribution in [1.82, 2.24) is 20.1 Å². The summed E-state index contributed by atoms with van der Waals surface area (Å²) in [5, 5.41) is 6.01. The van der Waals surface area contributed by atoms with Gasteiger partial charge in [-0.2, -0.15) is 0 Å². The number of nitrogens with zero attached hydrogens (tertiary/aromatic N) is 4. The average molecular weight is 556 g/mol. The van der Waals surface area contributed by atoms with Crippen LogP contribution in [0.25, 0.3) is 11.3 Å². The van der Waals surface area contributed by atoms with E-state index in [9.17, 15) is 14.4 Å². The Bertz CT molecular complexity index is 1200. The second-order valence-corrected chi connectivity index (χ2v) is 11.5. The number of ketones is 1. The van der Waals surface area contributed by atoms with Crippen molar-refractivity contribution < 1.29 is 23.9 Å². The number of fused-ring (bicyclic) bond motifs is 1. The van der Waals surface area contributed by atoms with Gasteiger partial charge in [0.05, 0.1) is 12.2 Å². The van der Waals surface area contributed by atoms with Crippen LogP contribution in [0.4, 0.5) is 5.13 Å². The molecule has 3 aliphatic rings. The van der Waals surface area contributed by atoms with Gasteiger partial charge in [-0.25, -0.2) is 4.98 Å². The molecule has 2 aromatic rings. The number of Topliss-reactive ketones (excluding diaryl/α,β-unsaturated/α-hetero) is 1. The Hall–Kier alpha value is -2.86. The van der Waals surface area contributed by atoms with Crippen LogP contribution in [0, 0.1) is 5.92 Å². The van der Waals surface area contributed by atoms with E-state index in [0.29, 0.717) is 12.0 Å². The third-order valence-electron chi connectivity index (χ3n) is 8.20. The number of carbonyl (C=O) groups is 3. The standard InChI is InChI=1S/C28H37N5O5S/c1-5-17(2)23(27(36)33-14-22(37-4)25-24(33)21(34)15-38-25)30-26(35)19-8-6-18(7-9-19)20-16-39-28(29-20)32-12-10-31(3)11-13-32/h6-9,16-17,22-25H,5,10-15H2,1-4H3,(H,30,35)/t17-,22-,23-,24+,25-/m0/s1. The van der Waals surface area contributed by atoms with E-state index in [0.717, 1.165) is 42.6 Å². The van der Waals surface area contributed by atoms with Crippen LogP contribution in [0.3, 0.4) is 0 Å².